The molecule has 2 aromatic rings. The number of nitrogens with zero attached hydrogens (tertiary/aromatic N) is 4. The molecule has 2 aliphatic carbocycles. The summed E-state index contributed by atoms with van der Waals surface area (Å²) in [6.45, 7) is 11.6. The first-order chi connectivity index (χ1) is 24.5. The minimum Gasteiger partial charge on any atom is -0.481 e. The number of nitrogens with one attached hydrogen (secondary N) is 1. The molecular formula is C42H61N5O4. The molecule has 4 aliphatic rings. The van der Waals surface area contributed by atoms with E-state index in [0.29, 0.717) is 18.2 Å². The Kier molecular flexibility index (Phi) is 12.0. The molecule has 9 heteroatoms. The van der Waals surface area contributed by atoms with E-state index in [4.69, 9.17) is 9.97 Å². The third kappa shape index (κ3) is 9.31. The van der Waals surface area contributed by atoms with Crippen LogP contribution >= 0.6 is 0 Å². The topological polar surface area (TPSA) is 116 Å². The smallest absolute Gasteiger partial charge is 0.310 e. The van der Waals surface area contributed by atoms with Crippen LogP contribution in [0, 0.1) is 40.9 Å². The number of carbonyl (C=O) groups is 3. The van der Waals surface area contributed by atoms with Crippen molar-refractivity contribution in [3.63, 3.8) is 0 Å². The van der Waals surface area contributed by atoms with Gasteiger partial charge in [-0.2, -0.15) is 0 Å². The first kappa shape index (κ1) is 37.3. The van der Waals surface area contributed by atoms with Crippen LogP contribution in [0.5, 0.6) is 0 Å². The number of likely N-dealkylation sites (tertiary alicyclic amines) is 1. The molecule has 1 aromatic heterocycles. The Balaban J connectivity index is 1.03. The standard InChI is InChI=1S/C42H61N5O4/c1-5-6-28-7-11-30(12-8-28)31-19-21-46(22-20-31)36-24-43-38(44-25-36)32-13-9-29(10-14-32)23-37(40(49)47-26-34(27-47)41(50)51)45-39(48)33-15-17-35(18-16-33)42(2,3)4/h9-10,13-14,24-25,28,30-31,33-35,37H,5-8,11-12,15-23,26-27H2,1-4H3,(H,45,48)(H,50,51)/t28-,30-,33-,35-,37-/m0/s1. The molecule has 2 saturated carbocycles. The summed E-state index contributed by atoms with van der Waals surface area (Å²) in [5, 5.41) is 12.4. The summed E-state index contributed by atoms with van der Waals surface area (Å²) in [7, 11) is 0. The SMILES string of the molecule is CCC[C@H]1CC[C@H](C2CCN(c3cnc(-c4ccc(C[C@H](NC(=O)[C@H]5CC[C@H](C(C)(C)C)CC5)C(=O)N5CC(C(=O)O)C5)cc4)nc3)CC2)CC1. The summed E-state index contributed by atoms with van der Waals surface area (Å²) in [5.41, 5.74) is 3.13. The molecule has 6 rings (SSSR count). The first-order valence-electron chi connectivity index (χ1n) is 20.0. The predicted molar refractivity (Wildman–Crippen MR) is 201 cm³/mol. The highest BCUT2D eigenvalue weighted by molar-refractivity contribution is 5.90. The maximum atomic E-state index is 13.6. The van der Waals surface area contributed by atoms with E-state index in [9.17, 15) is 19.5 Å². The number of anilines is 1. The quantitative estimate of drug-likeness (QED) is 0.251. The minimum atomic E-state index is -0.888. The van der Waals surface area contributed by atoms with Gasteiger partial charge < -0.3 is 20.2 Å². The number of aromatic nitrogens is 2. The highest BCUT2D eigenvalue weighted by Crippen LogP contribution is 2.41. The summed E-state index contributed by atoms with van der Waals surface area (Å²) in [5.74, 6) is 2.16. The van der Waals surface area contributed by atoms with Crippen LogP contribution in [0.2, 0.25) is 0 Å². The largest absolute Gasteiger partial charge is 0.481 e. The Morgan fingerprint density at radius 2 is 1.45 bits per heavy atom. The fraction of sp³-hybridized carbons (Fsp3) is 0.690. The van der Waals surface area contributed by atoms with Crippen molar-refractivity contribution >= 4 is 23.5 Å². The lowest BCUT2D eigenvalue weighted by atomic mass is 9.69. The maximum absolute atomic E-state index is 13.6. The van der Waals surface area contributed by atoms with Gasteiger partial charge >= 0.3 is 5.97 Å². The fourth-order valence-corrected chi connectivity index (χ4v) is 9.39. The number of carboxylic acid groups (broad SMARTS) is 1. The van der Waals surface area contributed by atoms with Gasteiger partial charge in [0.15, 0.2) is 5.82 Å². The van der Waals surface area contributed by atoms with Gasteiger partial charge in [0, 0.05) is 44.1 Å². The third-order valence-electron chi connectivity index (χ3n) is 12.9. The van der Waals surface area contributed by atoms with Crippen LogP contribution in [-0.4, -0.2) is 70.0 Å². The Labute approximate surface area is 305 Å². The van der Waals surface area contributed by atoms with Gasteiger partial charge in [0.1, 0.15) is 6.04 Å². The van der Waals surface area contributed by atoms with Crippen LogP contribution in [0.3, 0.4) is 0 Å². The van der Waals surface area contributed by atoms with Crippen molar-refractivity contribution in [2.75, 3.05) is 31.1 Å². The molecule has 2 saturated heterocycles. The van der Waals surface area contributed by atoms with Crippen molar-refractivity contribution in [2.45, 2.75) is 117 Å². The predicted octanol–water partition coefficient (Wildman–Crippen LogP) is 7.39. The number of piperidine rings is 1. The summed E-state index contributed by atoms with van der Waals surface area (Å²) >= 11 is 0. The number of benzene rings is 1. The molecule has 1 aromatic carbocycles. The van der Waals surface area contributed by atoms with Crippen molar-refractivity contribution in [2.24, 2.45) is 40.9 Å². The monoisotopic (exact) mass is 699 g/mol. The van der Waals surface area contributed by atoms with Crippen molar-refractivity contribution in [1.82, 2.24) is 20.2 Å². The van der Waals surface area contributed by atoms with Gasteiger partial charge in [-0.25, -0.2) is 9.97 Å². The molecule has 2 N–H and O–H groups in total. The second-order valence-corrected chi connectivity index (χ2v) is 17.3. The number of rotatable bonds is 11. The van der Waals surface area contributed by atoms with E-state index in [1.807, 2.05) is 36.7 Å². The summed E-state index contributed by atoms with van der Waals surface area (Å²) in [6.07, 6.45) is 18.8. The van der Waals surface area contributed by atoms with Gasteiger partial charge in [-0.05, 0) is 86.0 Å². The molecular weight excluding hydrogens is 638 g/mol. The molecule has 0 radical (unpaired) electrons. The van der Waals surface area contributed by atoms with Gasteiger partial charge in [-0.1, -0.05) is 77.6 Å². The van der Waals surface area contributed by atoms with E-state index in [-0.39, 0.29) is 36.2 Å². The number of carbonyl (C=O) groups excluding carboxylic acids is 2. The highest BCUT2D eigenvalue weighted by Gasteiger charge is 2.40. The molecule has 2 amide bonds. The molecule has 9 nitrogen and oxygen atoms in total. The third-order valence-corrected chi connectivity index (χ3v) is 12.9. The van der Waals surface area contributed by atoms with Crippen LogP contribution in [0.15, 0.2) is 36.7 Å². The summed E-state index contributed by atoms with van der Waals surface area (Å²) in [4.78, 5) is 51.9. The summed E-state index contributed by atoms with van der Waals surface area (Å²) < 4.78 is 0. The normalized spacial score (nSPS) is 25.6. The molecule has 3 heterocycles. The van der Waals surface area contributed by atoms with Gasteiger partial charge in [0.25, 0.3) is 0 Å². The van der Waals surface area contributed by atoms with E-state index < -0.39 is 17.9 Å². The van der Waals surface area contributed by atoms with E-state index in [2.05, 4.69) is 37.9 Å². The summed E-state index contributed by atoms with van der Waals surface area (Å²) in [6, 6.07) is 7.17. The number of hydrogen-bond acceptors (Lipinski definition) is 6. The van der Waals surface area contributed by atoms with Crippen molar-refractivity contribution in [3.05, 3.63) is 42.2 Å². The van der Waals surface area contributed by atoms with Crippen LogP contribution in [0.1, 0.15) is 110 Å². The van der Waals surface area contributed by atoms with E-state index in [0.717, 1.165) is 73.3 Å². The average molecular weight is 700 g/mol. The fourth-order valence-electron chi connectivity index (χ4n) is 9.39. The van der Waals surface area contributed by atoms with Gasteiger partial charge in [-0.15, -0.1) is 0 Å². The molecule has 0 unspecified atom stereocenters. The van der Waals surface area contributed by atoms with Gasteiger partial charge in [-0.3, -0.25) is 14.4 Å². The molecule has 2 aliphatic heterocycles. The lowest BCUT2D eigenvalue weighted by Crippen LogP contribution is -2.59. The molecule has 4 fully saturated rings. The zero-order valence-electron chi connectivity index (χ0n) is 31.5. The maximum Gasteiger partial charge on any atom is 0.310 e. The number of hydrogen-bond donors (Lipinski definition) is 2. The van der Waals surface area contributed by atoms with Crippen LogP contribution in [-0.2, 0) is 20.8 Å². The van der Waals surface area contributed by atoms with Crippen molar-refractivity contribution < 1.29 is 19.5 Å². The van der Waals surface area contributed by atoms with E-state index in [1.54, 1.807) is 4.90 Å². The number of carboxylic acids is 1. The van der Waals surface area contributed by atoms with Crippen LogP contribution < -0.4 is 10.2 Å². The molecule has 0 bridgehead atoms. The molecule has 51 heavy (non-hydrogen) atoms. The molecule has 278 valence electrons. The van der Waals surface area contributed by atoms with Crippen LogP contribution in [0.25, 0.3) is 11.4 Å². The number of aliphatic carboxylic acids is 1. The van der Waals surface area contributed by atoms with Crippen molar-refractivity contribution in [3.8, 4) is 11.4 Å². The Morgan fingerprint density at radius 3 is 2.02 bits per heavy atom. The highest BCUT2D eigenvalue weighted by atomic mass is 16.4. The second kappa shape index (κ2) is 16.5. The molecule has 1 atom stereocenters. The van der Waals surface area contributed by atoms with E-state index >= 15 is 0 Å². The van der Waals surface area contributed by atoms with Gasteiger partial charge in [0.05, 0.1) is 24.0 Å². The number of amides is 2. The second-order valence-electron chi connectivity index (χ2n) is 17.3. The average Bonchev–Trinajstić information content (AvgIpc) is 3.11. The Hall–Kier alpha value is -3.49. The minimum absolute atomic E-state index is 0.0695. The Morgan fingerprint density at radius 1 is 0.843 bits per heavy atom. The zero-order valence-corrected chi connectivity index (χ0v) is 31.5. The van der Waals surface area contributed by atoms with E-state index in [1.165, 1.54) is 51.4 Å². The zero-order chi connectivity index (χ0) is 36.1. The first-order valence-corrected chi connectivity index (χ1v) is 20.0. The lowest BCUT2D eigenvalue weighted by Gasteiger charge is -2.39. The lowest BCUT2D eigenvalue weighted by molar-refractivity contribution is -0.154. The van der Waals surface area contributed by atoms with Gasteiger partial charge in [0.2, 0.25) is 11.8 Å². The Bertz CT molecular complexity index is 1460. The van der Waals surface area contributed by atoms with Crippen molar-refractivity contribution in [1.29, 1.82) is 0 Å². The van der Waals surface area contributed by atoms with Crippen LogP contribution in [0.4, 0.5) is 5.69 Å². The molecule has 0 spiro atoms.